The van der Waals surface area contributed by atoms with E-state index in [0.29, 0.717) is 49.6 Å². The van der Waals surface area contributed by atoms with E-state index in [2.05, 4.69) is 20.1 Å². The van der Waals surface area contributed by atoms with Crippen LogP contribution in [0.25, 0.3) is 22.0 Å². The van der Waals surface area contributed by atoms with Crippen LogP contribution in [0.2, 0.25) is 0 Å². The molecule has 0 amide bonds. The number of aromatic nitrogens is 2. The first-order valence-corrected chi connectivity index (χ1v) is 15.9. The van der Waals surface area contributed by atoms with E-state index in [0.717, 1.165) is 57.6 Å². The Balaban J connectivity index is 1.39. The minimum atomic E-state index is -4.85. The third-order valence-electron chi connectivity index (χ3n) is 9.22. The molecular weight excluding hydrogens is 603 g/mol. The Hall–Kier alpha value is -2.78. The van der Waals surface area contributed by atoms with Crippen LogP contribution in [0, 0.1) is 11.6 Å². The van der Waals surface area contributed by atoms with Gasteiger partial charge in [0, 0.05) is 91.6 Å². The Morgan fingerprint density at radius 1 is 1.09 bits per heavy atom. The van der Waals surface area contributed by atoms with E-state index < -0.39 is 29.1 Å². The van der Waals surface area contributed by atoms with Gasteiger partial charge in [-0.2, -0.15) is 18.2 Å². The predicted octanol–water partition coefficient (Wildman–Crippen LogP) is 3.82. The van der Waals surface area contributed by atoms with Gasteiger partial charge in [0.25, 0.3) is 0 Å². The standard InChI is InChI=1S/C30H33F5N6O2S/c1-17-12-36-4-5-40(17)28-22-11-23(30(33,34)35)25(21-3-2-18(31)10-24(21)32)27-26(22)41(29(42)37-28)19(16-44-27)13-38-6-8-39(9-7-38)20-14-43-15-20/h2-3,10-11,17,19-20,36H,4-9,12-16H2,1H3/t17-,19-/m0/s1. The number of nitrogens with one attached hydrogen (secondary N) is 1. The Morgan fingerprint density at radius 3 is 2.52 bits per heavy atom. The number of nitrogens with zero attached hydrogens (tertiary/aromatic N) is 5. The molecular formula is C30H33F5N6O2S. The first-order valence-electron chi connectivity index (χ1n) is 14.9. The van der Waals surface area contributed by atoms with Gasteiger partial charge in [0.15, 0.2) is 0 Å². The zero-order valence-electron chi connectivity index (χ0n) is 24.2. The minimum absolute atomic E-state index is 0.120. The molecule has 0 spiro atoms. The third-order valence-corrected chi connectivity index (χ3v) is 10.5. The van der Waals surface area contributed by atoms with Crippen LogP contribution in [-0.4, -0.2) is 103 Å². The average Bonchev–Trinajstić information content (AvgIpc) is 2.95. The number of thioether (sulfide) groups is 1. The summed E-state index contributed by atoms with van der Waals surface area (Å²) in [6.45, 7) is 8.91. The largest absolute Gasteiger partial charge is 0.417 e. The molecule has 2 atom stereocenters. The molecule has 4 aliphatic heterocycles. The molecule has 3 aromatic rings. The second kappa shape index (κ2) is 11.5. The van der Waals surface area contributed by atoms with E-state index in [9.17, 15) is 22.4 Å². The first-order chi connectivity index (χ1) is 21.1. The van der Waals surface area contributed by atoms with Crippen LogP contribution in [0.5, 0.6) is 0 Å². The lowest BCUT2D eigenvalue weighted by atomic mass is 9.95. The maximum atomic E-state index is 15.2. The third kappa shape index (κ3) is 5.27. The number of halogens is 5. The molecule has 3 fully saturated rings. The summed E-state index contributed by atoms with van der Waals surface area (Å²) in [5, 5.41) is 3.47. The smallest absolute Gasteiger partial charge is 0.378 e. The number of hydrogen-bond donors (Lipinski definition) is 1. The van der Waals surface area contributed by atoms with Crippen molar-refractivity contribution < 1.29 is 26.7 Å². The van der Waals surface area contributed by atoms with Crippen LogP contribution in [-0.2, 0) is 10.9 Å². The summed E-state index contributed by atoms with van der Waals surface area (Å²) in [6.07, 6.45) is -4.85. The molecule has 1 aromatic heterocycles. The monoisotopic (exact) mass is 636 g/mol. The highest BCUT2D eigenvalue weighted by Gasteiger charge is 2.41. The van der Waals surface area contributed by atoms with Gasteiger partial charge >= 0.3 is 11.9 Å². The van der Waals surface area contributed by atoms with E-state index in [4.69, 9.17) is 4.74 Å². The van der Waals surface area contributed by atoms with Gasteiger partial charge in [-0.3, -0.25) is 14.4 Å². The van der Waals surface area contributed by atoms with Crippen molar-refractivity contribution in [1.29, 1.82) is 0 Å². The van der Waals surface area contributed by atoms with Gasteiger partial charge in [-0.05, 0) is 25.1 Å². The molecule has 1 N–H and O–H groups in total. The lowest BCUT2D eigenvalue weighted by Gasteiger charge is -2.43. The highest BCUT2D eigenvalue weighted by molar-refractivity contribution is 7.99. The molecule has 5 heterocycles. The molecule has 0 radical (unpaired) electrons. The maximum absolute atomic E-state index is 15.2. The van der Waals surface area contributed by atoms with Crippen molar-refractivity contribution >= 4 is 28.5 Å². The normalized spacial score (nSPS) is 23.7. The molecule has 0 bridgehead atoms. The zero-order valence-corrected chi connectivity index (χ0v) is 25.0. The van der Waals surface area contributed by atoms with E-state index in [1.54, 1.807) is 0 Å². The average molecular weight is 637 g/mol. The van der Waals surface area contributed by atoms with Crippen LogP contribution in [0.3, 0.4) is 0 Å². The number of ether oxygens (including phenoxy) is 1. The highest BCUT2D eigenvalue weighted by atomic mass is 32.2. The lowest BCUT2D eigenvalue weighted by Crippen LogP contribution is -2.57. The molecule has 3 saturated heterocycles. The van der Waals surface area contributed by atoms with Gasteiger partial charge in [0.05, 0.1) is 36.4 Å². The van der Waals surface area contributed by atoms with Crippen LogP contribution >= 0.6 is 11.8 Å². The fourth-order valence-electron chi connectivity index (χ4n) is 6.83. The van der Waals surface area contributed by atoms with Crippen LogP contribution in [0.4, 0.5) is 27.8 Å². The van der Waals surface area contributed by atoms with Gasteiger partial charge in [-0.25, -0.2) is 13.6 Å². The summed E-state index contributed by atoms with van der Waals surface area (Å²) in [5.74, 6) is -1.47. The Morgan fingerprint density at radius 2 is 1.86 bits per heavy atom. The summed E-state index contributed by atoms with van der Waals surface area (Å²) in [7, 11) is 0. The van der Waals surface area contributed by atoms with Gasteiger partial charge in [0.2, 0.25) is 0 Å². The van der Waals surface area contributed by atoms with Crippen LogP contribution in [0.1, 0.15) is 18.5 Å². The lowest BCUT2D eigenvalue weighted by molar-refractivity contribution is -0.137. The van der Waals surface area contributed by atoms with E-state index in [1.165, 1.54) is 16.3 Å². The summed E-state index contributed by atoms with van der Waals surface area (Å²) in [5.41, 5.74) is -1.99. The maximum Gasteiger partial charge on any atom is 0.417 e. The number of alkyl halides is 3. The molecule has 0 saturated carbocycles. The van der Waals surface area contributed by atoms with Gasteiger partial charge in [-0.1, -0.05) is 0 Å². The number of piperazine rings is 2. The van der Waals surface area contributed by atoms with E-state index >= 15 is 4.39 Å². The summed E-state index contributed by atoms with van der Waals surface area (Å²) < 4.78 is 80.4. The Kier molecular flexibility index (Phi) is 7.84. The SMILES string of the molecule is C[C@H]1CNCCN1c1nc(=O)n2c3c(c(-c4ccc(F)cc4F)c(C(F)(F)F)cc13)SC[C@@H]2CN1CCN(C2COC2)CC1. The molecule has 4 aliphatic rings. The number of hydrogen-bond acceptors (Lipinski definition) is 8. The fraction of sp³-hybridized carbons (Fsp3) is 0.533. The number of rotatable bonds is 5. The van der Waals surface area contributed by atoms with Crippen molar-refractivity contribution in [3.05, 3.63) is 51.9 Å². The first kappa shape index (κ1) is 29.9. The highest BCUT2D eigenvalue weighted by Crippen LogP contribution is 2.50. The van der Waals surface area contributed by atoms with Gasteiger partial charge < -0.3 is 15.0 Å². The van der Waals surface area contributed by atoms with E-state index in [1.807, 2.05) is 11.8 Å². The molecule has 236 valence electrons. The topological polar surface area (TPSA) is 65.9 Å². The second-order valence-corrected chi connectivity index (χ2v) is 13.0. The van der Waals surface area contributed by atoms with Gasteiger partial charge in [0.1, 0.15) is 17.5 Å². The molecule has 0 unspecified atom stereocenters. The van der Waals surface area contributed by atoms with E-state index in [-0.39, 0.29) is 39.3 Å². The van der Waals surface area contributed by atoms with Crippen molar-refractivity contribution in [3.8, 4) is 11.1 Å². The second-order valence-electron chi connectivity index (χ2n) is 12.0. The summed E-state index contributed by atoms with van der Waals surface area (Å²) >= 11 is 1.19. The molecule has 0 aliphatic carbocycles. The fourth-order valence-corrected chi connectivity index (χ4v) is 8.15. The Labute approximate surface area is 255 Å². The van der Waals surface area contributed by atoms with Crippen molar-refractivity contribution in [2.45, 2.75) is 36.1 Å². The molecule has 7 rings (SSSR count). The quantitative estimate of drug-likeness (QED) is 0.425. The van der Waals surface area contributed by atoms with Crippen molar-refractivity contribution in [2.75, 3.05) is 76.2 Å². The summed E-state index contributed by atoms with van der Waals surface area (Å²) in [4.78, 5) is 25.1. The Bertz CT molecular complexity index is 1640. The predicted molar refractivity (Wildman–Crippen MR) is 158 cm³/mol. The van der Waals surface area contributed by atoms with Crippen molar-refractivity contribution in [1.82, 2.24) is 24.7 Å². The molecule has 8 nitrogen and oxygen atoms in total. The summed E-state index contributed by atoms with van der Waals surface area (Å²) in [6, 6.07) is 3.55. The van der Waals surface area contributed by atoms with Crippen LogP contribution < -0.4 is 15.9 Å². The number of benzene rings is 2. The molecule has 14 heteroatoms. The van der Waals surface area contributed by atoms with Crippen LogP contribution in [0.15, 0.2) is 34.0 Å². The van der Waals surface area contributed by atoms with Crippen molar-refractivity contribution in [3.63, 3.8) is 0 Å². The van der Waals surface area contributed by atoms with Crippen molar-refractivity contribution in [2.24, 2.45) is 0 Å². The molecule has 2 aromatic carbocycles. The zero-order chi connectivity index (χ0) is 30.7. The minimum Gasteiger partial charge on any atom is -0.378 e. The van der Waals surface area contributed by atoms with Gasteiger partial charge in [-0.15, -0.1) is 11.8 Å². The number of anilines is 1. The molecule has 44 heavy (non-hydrogen) atoms.